The zero-order valence-corrected chi connectivity index (χ0v) is 10.5. The summed E-state index contributed by atoms with van der Waals surface area (Å²) in [6.07, 6.45) is 5.11. The van der Waals surface area contributed by atoms with Crippen LogP contribution in [-0.4, -0.2) is 29.8 Å². The van der Waals surface area contributed by atoms with Crippen molar-refractivity contribution >= 4 is 12.0 Å². The predicted molar refractivity (Wildman–Crippen MR) is 63.7 cm³/mol. The first-order valence-electron chi connectivity index (χ1n) is 6.46. The van der Waals surface area contributed by atoms with Gasteiger partial charge in [0.2, 0.25) is 0 Å². The summed E-state index contributed by atoms with van der Waals surface area (Å²) < 4.78 is 0. The van der Waals surface area contributed by atoms with Crippen LogP contribution in [0.25, 0.3) is 0 Å². The number of nitrogens with one attached hydrogen (secondary N) is 2. The fraction of sp³-hybridized carbons (Fsp3) is 0.833. The first kappa shape index (κ1) is 13.1. The molecule has 2 amide bonds. The second-order valence-electron chi connectivity index (χ2n) is 5.39. The van der Waals surface area contributed by atoms with Gasteiger partial charge in [0.15, 0.2) is 6.61 Å². The molecule has 2 rings (SSSR count). The SMILES string of the molecule is CC(NC(=O)NOCC(=O)O)C1CC2CCC1C2. The van der Waals surface area contributed by atoms with E-state index in [1.165, 1.54) is 25.7 Å². The predicted octanol–water partition coefficient (Wildman–Crippen LogP) is 1.13. The van der Waals surface area contributed by atoms with Gasteiger partial charge in [-0.05, 0) is 43.9 Å². The highest BCUT2D eigenvalue weighted by atomic mass is 16.7. The van der Waals surface area contributed by atoms with E-state index in [0.29, 0.717) is 5.92 Å². The average Bonchev–Trinajstić information content (AvgIpc) is 2.89. The Hall–Kier alpha value is -1.30. The Labute approximate surface area is 106 Å². The number of hydrogen-bond acceptors (Lipinski definition) is 3. The Morgan fingerprint density at radius 2 is 2.17 bits per heavy atom. The minimum absolute atomic E-state index is 0.105. The summed E-state index contributed by atoms with van der Waals surface area (Å²) in [4.78, 5) is 26.2. The minimum Gasteiger partial charge on any atom is -0.479 e. The van der Waals surface area contributed by atoms with Gasteiger partial charge in [0.1, 0.15) is 0 Å². The van der Waals surface area contributed by atoms with Crippen LogP contribution in [0.4, 0.5) is 4.79 Å². The number of urea groups is 1. The molecule has 2 saturated carbocycles. The summed E-state index contributed by atoms with van der Waals surface area (Å²) in [5.74, 6) is 1.02. The van der Waals surface area contributed by atoms with Gasteiger partial charge < -0.3 is 10.4 Å². The summed E-state index contributed by atoms with van der Waals surface area (Å²) in [6, 6.07) is -0.361. The summed E-state index contributed by atoms with van der Waals surface area (Å²) in [5.41, 5.74) is 2.08. The number of carboxylic acid groups (broad SMARTS) is 1. The number of carboxylic acids is 1. The molecule has 2 bridgehead atoms. The van der Waals surface area contributed by atoms with Crippen LogP contribution in [0.5, 0.6) is 0 Å². The second-order valence-corrected chi connectivity index (χ2v) is 5.39. The van der Waals surface area contributed by atoms with Crippen LogP contribution in [0, 0.1) is 17.8 Å². The Bertz CT molecular complexity index is 334. The third kappa shape index (κ3) is 3.13. The van der Waals surface area contributed by atoms with Crippen LogP contribution < -0.4 is 10.8 Å². The van der Waals surface area contributed by atoms with Crippen molar-refractivity contribution in [1.82, 2.24) is 10.8 Å². The molecule has 2 aliphatic carbocycles. The maximum atomic E-state index is 11.5. The molecule has 3 N–H and O–H groups in total. The minimum atomic E-state index is -1.11. The molecular formula is C12H20N2O4. The van der Waals surface area contributed by atoms with Gasteiger partial charge in [-0.25, -0.2) is 15.1 Å². The monoisotopic (exact) mass is 256 g/mol. The van der Waals surface area contributed by atoms with Gasteiger partial charge in [0.25, 0.3) is 0 Å². The van der Waals surface area contributed by atoms with Gasteiger partial charge in [-0.1, -0.05) is 6.42 Å². The van der Waals surface area contributed by atoms with Crippen molar-refractivity contribution in [3.05, 3.63) is 0 Å². The van der Waals surface area contributed by atoms with Crippen molar-refractivity contribution in [3.63, 3.8) is 0 Å². The lowest BCUT2D eigenvalue weighted by Crippen LogP contribution is -2.45. The number of amides is 2. The fourth-order valence-corrected chi connectivity index (χ4v) is 3.41. The smallest absolute Gasteiger partial charge is 0.338 e. The largest absolute Gasteiger partial charge is 0.479 e. The summed E-state index contributed by atoms with van der Waals surface area (Å²) in [7, 11) is 0. The number of hydrogen-bond donors (Lipinski definition) is 3. The van der Waals surface area contributed by atoms with E-state index < -0.39 is 18.6 Å². The van der Waals surface area contributed by atoms with E-state index in [9.17, 15) is 9.59 Å². The highest BCUT2D eigenvalue weighted by Crippen LogP contribution is 2.49. The van der Waals surface area contributed by atoms with E-state index in [2.05, 4.69) is 15.6 Å². The van der Waals surface area contributed by atoms with E-state index >= 15 is 0 Å². The molecule has 6 heteroatoms. The van der Waals surface area contributed by atoms with Crippen LogP contribution >= 0.6 is 0 Å². The summed E-state index contributed by atoms with van der Waals surface area (Å²) in [6.45, 7) is 1.47. The number of hydroxylamine groups is 1. The second kappa shape index (κ2) is 5.56. The molecule has 0 saturated heterocycles. The molecule has 0 aromatic carbocycles. The van der Waals surface area contributed by atoms with Crippen LogP contribution in [-0.2, 0) is 9.63 Å². The lowest BCUT2D eigenvalue weighted by atomic mass is 9.84. The topological polar surface area (TPSA) is 87.7 Å². The summed E-state index contributed by atoms with van der Waals surface area (Å²) in [5, 5.41) is 11.2. The van der Waals surface area contributed by atoms with Gasteiger partial charge in [0.05, 0.1) is 0 Å². The molecule has 0 heterocycles. The van der Waals surface area contributed by atoms with Crippen molar-refractivity contribution in [2.75, 3.05) is 6.61 Å². The molecule has 102 valence electrons. The quantitative estimate of drug-likeness (QED) is 0.643. The van der Waals surface area contributed by atoms with E-state index in [1.807, 2.05) is 6.92 Å². The number of fused-ring (bicyclic) bond motifs is 2. The Balaban J connectivity index is 1.69. The van der Waals surface area contributed by atoms with Gasteiger partial charge in [-0.2, -0.15) is 0 Å². The molecule has 0 spiro atoms. The number of carbonyl (C=O) groups is 2. The van der Waals surface area contributed by atoms with Gasteiger partial charge in [-0.3, -0.25) is 4.84 Å². The van der Waals surface area contributed by atoms with Crippen molar-refractivity contribution in [1.29, 1.82) is 0 Å². The molecule has 0 radical (unpaired) electrons. The molecule has 0 aromatic heterocycles. The van der Waals surface area contributed by atoms with Crippen LogP contribution in [0.15, 0.2) is 0 Å². The number of rotatable bonds is 5. The molecule has 0 aliphatic heterocycles. The number of carbonyl (C=O) groups excluding carboxylic acids is 1. The lowest BCUT2D eigenvalue weighted by Gasteiger charge is -2.28. The first-order chi connectivity index (χ1) is 8.56. The van der Waals surface area contributed by atoms with Crippen molar-refractivity contribution in [2.45, 2.75) is 38.6 Å². The van der Waals surface area contributed by atoms with E-state index in [-0.39, 0.29) is 6.04 Å². The molecule has 18 heavy (non-hydrogen) atoms. The van der Waals surface area contributed by atoms with E-state index in [4.69, 9.17) is 5.11 Å². The van der Waals surface area contributed by atoms with Crippen molar-refractivity contribution < 1.29 is 19.5 Å². The molecule has 2 fully saturated rings. The van der Waals surface area contributed by atoms with E-state index in [0.717, 1.165) is 11.8 Å². The third-order valence-corrected chi connectivity index (χ3v) is 4.15. The van der Waals surface area contributed by atoms with Crippen LogP contribution in [0.3, 0.4) is 0 Å². The summed E-state index contributed by atoms with van der Waals surface area (Å²) >= 11 is 0. The highest BCUT2D eigenvalue weighted by Gasteiger charge is 2.42. The van der Waals surface area contributed by atoms with Gasteiger partial charge >= 0.3 is 12.0 Å². The van der Waals surface area contributed by atoms with Crippen molar-refractivity contribution in [2.24, 2.45) is 17.8 Å². The first-order valence-corrected chi connectivity index (χ1v) is 6.46. The van der Waals surface area contributed by atoms with Crippen molar-refractivity contribution in [3.8, 4) is 0 Å². The zero-order valence-electron chi connectivity index (χ0n) is 10.5. The van der Waals surface area contributed by atoms with Gasteiger partial charge in [0, 0.05) is 6.04 Å². The number of aliphatic carboxylic acids is 1. The molecular weight excluding hydrogens is 236 g/mol. The third-order valence-electron chi connectivity index (χ3n) is 4.15. The molecule has 4 atom stereocenters. The fourth-order valence-electron chi connectivity index (χ4n) is 3.41. The highest BCUT2D eigenvalue weighted by molar-refractivity contribution is 5.73. The average molecular weight is 256 g/mol. The van der Waals surface area contributed by atoms with Crippen LogP contribution in [0.1, 0.15) is 32.6 Å². The standard InChI is InChI=1S/C12H20N2O4/c1-7(10-5-8-2-3-9(10)4-8)13-12(17)14-18-6-11(15)16/h7-10H,2-6H2,1H3,(H,15,16)(H2,13,14,17). The maximum absolute atomic E-state index is 11.5. The normalized spacial score (nSPS) is 31.1. The van der Waals surface area contributed by atoms with Gasteiger partial charge in [-0.15, -0.1) is 0 Å². The zero-order chi connectivity index (χ0) is 13.1. The molecule has 6 nitrogen and oxygen atoms in total. The Morgan fingerprint density at radius 3 is 2.72 bits per heavy atom. The Morgan fingerprint density at radius 1 is 1.39 bits per heavy atom. The maximum Gasteiger partial charge on any atom is 0.338 e. The molecule has 4 unspecified atom stereocenters. The molecule has 2 aliphatic rings. The van der Waals surface area contributed by atoms with E-state index in [1.54, 1.807) is 0 Å². The van der Waals surface area contributed by atoms with Crippen LogP contribution in [0.2, 0.25) is 0 Å². The Kier molecular flexibility index (Phi) is 4.06. The molecule has 0 aromatic rings. The lowest BCUT2D eigenvalue weighted by molar-refractivity contribution is -0.144.